The van der Waals surface area contributed by atoms with Crippen LogP contribution in [0.3, 0.4) is 0 Å². The number of anilines is 2. The number of hydrogen-bond donors (Lipinski definition) is 1. The fourth-order valence-electron chi connectivity index (χ4n) is 2.75. The molecule has 0 saturated carbocycles. The molecule has 0 aromatic heterocycles. The van der Waals surface area contributed by atoms with Crippen LogP contribution in [0.5, 0.6) is 0 Å². The standard InChI is InChI=1S/C18H18F2N2O/c19-16-9-6-14(12-17(16)20)21-18(23)13-4-7-15(8-5-13)22-10-2-1-3-11-22/h4-9,12H,1-3,10-11H2,(H,21,23). The van der Waals surface area contributed by atoms with Crippen LogP contribution in [0, 0.1) is 11.6 Å². The maximum atomic E-state index is 13.2. The van der Waals surface area contributed by atoms with Crippen molar-refractivity contribution >= 4 is 17.3 Å². The van der Waals surface area contributed by atoms with Gasteiger partial charge >= 0.3 is 0 Å². The minimum absolute atomic E-state index is 0.231. The van der Waals surface area contributed by atoms with Gasteiger partial charge < -0.3 is 10.2 Å². The summed E-state index contributed by atoms with van der Waals surface area (Å²) in [4.78, 5) is 14.5. The van der Waals surface area contributed by atoms with Crippen LogP contribution in [-0.2, 0) is 0 Å². The van der Waals surface area contributed by atoms with E-state index in [1.54, 1.807) is 12.1 Å². The quantitative estimate of drug-likeness (QED) is 0.920. The summed E-state index contributed by atoms with van der Waals surface area (Å²) in [6, 6.07) is 10.6. The predicted molar refractivity (Wildman–Crippen MR) is 86.8 cm³/mol. The van der Waals surface area contributed by atoms with E-state index in [9.17, 15) is 13.6 Å². The Hall–Kier alpha value is -2.43. The number of amides is 1. The van der Waals surface area contributed by atoms with Crippen molar-refractivity contribution in [3.05, 3.63) is 59.7 Å². The van der Waals surface area contributed by atoms with Gasteiger partial charge in [-0.25, -0.2) is 8.78 Å². The molecule has 0 radical (unpaired) electrons. The largest absolute Gasteiger partial charge is 0.372 e. The fraction of sp³-hybridized carbons (Fsp3) is 0.278. The number of rotatable bonds is 3. The third-order valence-electron chi connectivity index (χ3n) is 4.03. The molecule has 23 heavy (non-hydrogen) atoms. The van der Waals surface area contributed by atoms with E-state index in [1.165, 1.54) is 25.3 Å². The first-order valence-electron chi connectivity index (χ1n) is 7.75. The number of piperidine rings is 1. The summed E-state index contributed by atoms with van der Waals surface area (Å²) < 4.78 is 26.0. The number of halogens is 2. The van der Waals surface area contributed by atoms with Crippen LogP contribution >= 0.6 is 0 Å². The first-order chi connectivity index (χ1) is 11.1. The number of hydrogen-bond acceptors (Lipinski definition) is 2. The van der Waals surface area contributed by atoms with Crippen LogP contribution in [0.4, 0.5) is 20.2 Å². The average molecular weight is 316 g/mol. The molecule has 0 bridgehead atoms. The molecule has 1 fully saturated rings. The Labute approximate surface area is 133 Å². The van der Waals surface area contributed by atoms with Gasteiger partial charge in [0.15, 0.2) is 11.6 Å². The molecular weight excluding hydrogens is 298 g/mol. The van der Waals surface area contributed by atoms with Crippen molar-refractivity contribution in [2.75, 3.05) is 23.3 Å². The zero-order valence-corrected chi connectivity index (χ0v) is 12.7. The summed E-state index contributed by atoms with van der Waals surface area (Å²) >= 11 is 0. The molecule has 0 spiro atoms. The highest BCUT2D eigenvalue weighted by Gasteiger charge is 2.12. The summed E-state index contributed by atoms with van der Waals surface area (Å²) in [5, 5.41) is 2.57. The lowest BCUT2D eigenvalue weighted by Crippen LogP contribution is -2.29. The van der Waals surface area contributed by atoms with Crippen molar-refractivity contribution in [2.45, 2.75) is 19.3 Å². The molecular formula is C18H18F2N2O. The van der Waals surface area contributed by atoms with Crippen LogP contribution in [0.1, 0.15) is 29.6 Å². The van der Waals surface area contributed by atoms with Crippen LogP contribution in [0.15, 0.2) is 42.5 Å². The lowest BCUT2D eigenvalue weighted by atomic mass is 10.1. The zero-order chi connectivity index (χ0) is 16.2. The molecule has 0 aliphatic carbocycles. The molecule has 1 saturated heterocycles. The van der Waals surface area contributed by atoms with Crippen LogP contribution < -0.4 is 10.2 Å². The van der Waals surface area contributed by atoms with Gasteiger partial charge in [-0.2, -0.15) is 0 Å². The Morgan fingerprint density at radius 2 is 1.61 bits per heavy atom. The van der Waals surface area contributed by atoms with Crippen molar-refractivity contribution in [1.82, 2.24) is 0 Å². The second kappa shape index (κ2) is 6.77. The van der Waals surface area contributed by atoms with E-state index in [4.69, 9.17) is 0 Å². The SMILES string of the molecule is O=C(Nc1ccc(F)c(F)c1)c1ccc(N2CCCCC2)cc1. The molecule has 120 valence electrons. The van der Waals surface area contributed by atoms with E-state index in [0.717, 1.165) is 30.9 Å². The topological polar surface area (TPSA) is 32.3 Å². The van der Waals surface area contributed by atoms with Crippen LogP contribution in [-0.4, -0.2) is 19.0 Å². The second-order valence-corrected chi connectivity index (χ2v) is 5.68. The van der Waals surface area contributed by atoms with Gasteiger partial charge in [-0.05, 0) is 55.7 Å². The van der Waals surface area contributed by atoms with Gasteiger partial charge in [0.2, 0.25) is 0 Å². The monoisotopic (exact) mass is 316 g/mol. The number of nitrogens with one attached hydrogen (secondary N) is 1. The summed E-state index contributed by atoms with van der Waals surface area (Å²) in [5.74, 6) is -2.27. The lowest BCUT2D eigenvalue weighted by molar-refractivity contribution is 0.102. The van der Waals surface area contributed by atoms with Crippen molar-refractivity contribution in [1.29, 1.82) is 0 Å². The predicted octanol–water partition coefficient (Wildman–Crippen LogP) is 4.21. The van der Waals surface area contributed by atoms with Gasteiger partial charge in [-0.3, -0.25) is 4.79 Å². The zero-order valence-electron chi connectivity index (χ0n) is 12.7. The molecule has 1 amide bonds. The summed E-state index contributed by atoms with van der Waals surface area (Å²) in [6.45, 7) is 2.08. The molecule has 1 aliphatic heterocycles. The Morgan fingerprint density at radius 1 is 0.913 bits per heavy atom. The summed E-state index contributed by atoms with van der Waals surface area (Å²) in [6.07, 6.45) is 3.65. The van der Waals surface area contributed by atoms with E-state index < -0.39 is 11.6 Å². The van der Waals surface area contributed by atoms with Crippen molar-refractivity contribution in [3.8, 4) is 0 Å². The lowest BCUT2D eigenvalue weighted by Gasteiger charge is -2.28. The van der Waals surface area contributed by atoms with E-state index in [0.29, 0.717) is 5.56 Å². The minimum atomic E-state index is -0.983. The molecule has 0 unspecified atom stereocenters. The van der Waals surface area contributed by atoms with Crippen LogP contribution in [0.2, 0.25) is 0 Å². The fourth-order valence-corrected chi connectivity index (χ4v) is 2.75. The molecule has 0 atom stereocenters. The van der Waals surface area contributed by atoms with E-state index >= 15 is 0 Å². The first kappa shape index (κ1) is 15.5. The first-order valence-corrected chi connectivity index (χ1v) is 7.75. The number of nitrogens with zero attached hydrogens (tertiary/aromatic N) is 1. The maximum absolute atomic E-state index is 13.2. The Bertz CT molecular complexity index is 695. The second-order valence-electron chi connectivity index (χ2n) is 5.68. The average Bonchev–Trinajstić information content (AvgIpc) is 2.59. The highest BCUT2D eigenvalue weighted by molar-refractivity contribution is 6.04. The van der Waals surface area contributed by atoms with Crippen molar-refractivity contribution < 1.29 is 13.6 Å². The van der Waals surface area contributed by atoms with Crippen LogP contribution in [0.25, 0.3) is 0 Å². The maximum Gasteiger partial charge on any atom is 0.255 e. The smallest absolute Gasteiger partial charge is 0.255 e. The molecule has 1 heterocycles. The van der Waals surface area contributed by atoms with E-state index in [-0.39, 0.29) is 11.6 Å². The number of benzene rings is 2. The van der Waals surface area contributed by atoms with Crippen molar-refractivity contribution in [3.63, 3.8) is 0 Å². The Balaban J connectivity index is 1.68. The van der Waals surface area contributed by atoms with Gasteiger partial charge in [0.05, 0.1) is 0 Å². The van der Waals surface area contributed by atoms with E-state index in [2.05, 4.69) is 10.2 Å². The minimum Gasteiger partial charge on any atom is -0.372 e. The summed E-state index contributed by atoms with van der Waals surface area (Å²) in [5.41, 5.74) is 1.82. The highest BCUT2D eigenvalue weighted by atomic mass is 19.2. The van der Waals surface area contributed by atoms with Gasteiger partial charge in [0.25, 0.3) is 5.91 Å². The normalized spacial score (nSPS) is 14.6. The third-order valence-corrected chi connectivity index (χ3v) is 4.03. The van der Waals surface area contributed by atoms with E-state index in [1.807, 2.05) is 12.1 Å². The number of carbonyl (C=O) groups is 1. The van der Waals surface area contributed by atoms with Crippen molar-refractivity contribution in [2.24, 2.45) is 0 Å². The summed E-state index contributed by atoms with van der Waals surface area (Å²) in [7, 11) is 0. The highest BCUT2D eigenvalue weighted by Crippen LogP contribution is 2.21. The molecule has 1 N–H and O–H groups in total. The molecule has 2 aromatic carbocycles. The van der Waals surface area contributed by atoms with Gasteiger partial charge in [0.1, 0.15) is 0 Å². The molecule has 3 nitrogen and oxygen atoms in total. The molecule has 1 aliphatic rings. The Morgan fingerprint density at radius 3 is 2.26 bits per heavy atom. The molecule has 3 rings (SSSR count). The van der Waals surface area contributed by atoms with Gasteiger partial charge in [-0.1, -0.05) is 0 Å². The third kappa shape index (κ3) is 3.67. The molecule has 2 aromatic rings. The van der Waals surface area contributed by atoms with Gasteiger partial charge in [0, 0.05) is 36.1 Å². The molecule has 5 heteroatoms. The number of carbonyl (C=O) groups excluding carboxylic acids is 1. The van der Waals surface area contributed by atoms with Gasteiger partial charge in [-0.15, -0.1) is 0 Å². The Kier molecular flexibility index (Phi) is 4.55.